The number of piperidine rings is 2. The molecular formula is C20H30N4O2S. The number of nitrogens with zero attached hydrogens (tertiary/aromatic N) is 3. The van der Waals surface area contributed by atoms with Gasteiger partial charge in [-0.15, -0.1) is 0 Å². The molecule has 0 saturated carbocycles. The Labute approximate surface area is 165 Å². The molecule has 148 valence electrons. The van der Waals surface area contributed by atoms with Crippen LogP contribution >= 0.6 is 11.8 Å². The van der Waals surface area contributed by atoms with Gasteiger partial charge in [0.2, 0.25) is 5.91 Å². The molecular weight excluding hydrogens is 360 g/mol. The van der Waals surface area contributed by atoms with Crippen molar-refractivity contribution < 1.29 is 4.79 Å². The summed E-state index contributed by atoms with van der Waals surface area (Å²) in [4.78, 5) is 29.7. The number of pyridine rings is 1. The monoisotopic (exact) mass is 390 g/mol. The second-order valence-corrected chi connectivity index (χ2v) is 9.22. The molecule has 0 spiro atoms. The molecule has 2 saturated heterocycles. The van der Waals surface area contributed by atoms with Crippen molar-refractivity contribution in [3.8, 4) is 0 Å². The molecule has 27 heavy (non-hydrogen) atoms. The van der Waals surface area contributed by atoms with Crippen LogP contribution in [-0.2, 0) is 11.3 Å². The molecule has 1 amide bonds. The number of carbonyl (C=O) groups is 1. The van der Waals surface area contributed by atoms with E-state index in [0.717, 1.165) is 37.4 Å². The maximum absolute atomic E-state index is 12.5. The van der Waals surface area contributed by atoms with E-state index in [1.807, 2.05) is 10.8 Å². The number of hydrogen-bond donors (Lipinski definition) is 1. The van der Waals surface area contributed by atoms with Gasteiger partial charge in [-0.25, -0.2) is 0 Å². The summed E-state index contributed by atoms with van der Waals surface area (Å²) >= 11 is 1.51. The summed E-state index contributed by atoms with van der Waals surface area (Å²) < 4.78 is 1.93. The summed E-state index contributed by atoms with van der Waals surface area (Å²) in [7, 11) is 2.20. The van der Waals surface area contributed by atoms with Crippen molar-refractivity contribution >= 4 is 23.4 Å². The van der Waals surface area contributed by atoms with Gasteiger partial charge in [-0.05, 0) is 57.6 Å². The van der Waals surface area contributed by atoms with E-state index < -0.39 is 0 Å². The number of rotatable bonds is 4. The molecule has 2 atom stereocenters. The Kier molecular flexibility index (Phi) is 5.62. The number of carbonyl (C=O) groups excluding carboxylic acids is 1. The molecule has 1 aromatic rings. The molecule has 4 heterocycles. The first-order valence-electron chi connectivity index (χ1n) is 10.00. The minimum Gasteiger partial charge on any atom is -0.324 e. The maximum Gasteiger partial charge on any atom is 0.250 e. The second-order valence-electron chi connectivity index (χ2n) is 8.35. The smallest absolute Gasteiger partial charge is 0.250 e. The van der Waals surface area contributed by atoms with Crippen LogP contribution in [0.15, 0.2) is 16.9 Å². The van der Waals surface area contributed by atoms with Gasteiger partial charge in [-0.1, -0.05) is 0 Å². The van der Waals surface area contributed by atoms with E-state index in [0.29, 0.717) is 23.6 Å². The fraction of sp³-hybridized carbons (Fsp3) is 0.700. The highest BCUT2D eigenvalue weighted by Gasteiger charge is 2.38. The minimum absolute atomic E-state index is 0.00838. The number of thioether (sulfide) groups is 1. The highest BCUT2D eigenvalue weighted by Crippen LogP contribution is 2.39. The lowest BCUT2D eigenvalue weighted by atomic mass is 9.81. The summed E-state index contributed by atoms with van der Waals surface area (Å²) in [6.07, 6.45) is 5.51. The third-order valence-corrected chi connectivity index (χ3v) is 6.92. The third-order valence-electron chi connectivity index (χ3n) is 6.37. The number of likely N-dealkylation sites (tertiary alicyclic amines) is 2. The SMILES string of the molecule is CSCC(=O)Nc1ccc(=O)n2c1[C@@H]1C[C@@H](CN(C3CCN(C)CC3)C1)C2. The average molecular weight is 391 g/mol. The minimum atomic E-state index is 0.00838. The summed E-state index contributed by atoms with van der Waals surface area (Å²) in [6, 6.07) is 4.07. The summed E-state index contributed by atoms with van der Waals surface area (Å²) in [5.74, 6) is 1.31. The van der Waals surface area contributed by atoms with E-state index in [1.54, 1.807) is 12.1 Å². The predicted octanol–water partition coefficient (Wildman–Crippen LogP) is 1.66. The zero-order valence-corrected chi connectivity index (χ0v) is 17.1. The number of nitrogens with one attached hydrogen (secondary N) is 1. The van der Waals surface area contributed by atoms with Crippen LogP contribution in [0.25, 0.3) is 0 Å². The van der Waals surface area contributed by atoms with Crippen LogP contribution in [0.3, 0.4) is 0 Å². The van der Waals surface area contributed by atoms with Gasteiger partial charge in [0.15, 0.2) is 0 Å². The van der Waals surface area contributed by atoms with Gasteiger partial charge >= 0.3 is 0 Å². The van der Waals surface area contributed by atoms with Crippen molar-refractivity contribution in [2.24, 2.45) is 5.92 Å². The van der Waals surface area contributed by atoms with Crippen LogP contribution in [0.2, 0.25) is 0 Å². The molecule has 1 N–H and O–H groups in total. The highest BCUT2D eigenvalue weighted by atomic mass is 32.2. The number of amides is 1. The maximum atomic E-state index is 12.5. The van der Waals surface area contributed by atoms with Crippen LogP contribution in [0.5, 0.6) is 0 Å². The largest absolute Gasteiger partial charge is 0.324 e. The van der Waals surface area contributed by atoms with Gasteiger partial charge in [0.05, 0.1) is 11.4 Å². The van der Waals surface area contributed by atoms with E-state index >= 15 is 0 Å². The van der Waals surface area contributed by atoms with Gasteiger partial charge in [-0.2, -0.15) is 11.8 Å². The summed E-state index contributed by atoms with van der Waals surface area (Å²) in [5, 5.41) is 3.06. The van der Waals surface area contributed by atoms with Crippen molar-refractivity contribution in [2.75, 3.05) is 50.6 Å². The number of anilines is 1. The highest BCUT2D eigenvalue weighted by molar-refractivity contribution is 7.99. The van der Waals surface area contributed by atoms with Crippen molar-refractivity contribution in [1.82, 2.24) is 14.4 Å². The van der Waals surface area contributed by atoms with Crippen LogP contribution in [0.1, 0.15) is 30.9 Å². The Morgan fingerprint density at radius 3 is 2.74 bits per heavy atom. The van der Waals surface area contributed by atoms with Gasteiger partial charge in [-0.3, -0.25) is 14.5 Å². The van der Waals surface area contributed by atoms with Crippen molar-refractivity contribution in [3.05, 3.63) is 28.2 Å². The van der Waals surface area contributed by atoms with Gasteiger partial charge in [0.25, 0.3) is 5.56 Å². The lowest BCUT2D eigenvalue weighted by Gasteiger charge is -2.47. The number of fused-ring (bicyclic) bond motifs is 4. The molecule has 1 aromatic heterocycles. The lowest BCUT2D eigenvalue weighted by Crippen LogP contribution is -2.53. The molecule has 4 rings (SSSR count). The fourth-order valence-electron chi connectivity index (χ4n) is 5.13. The quantitative estimate of drug-likeness (QED) is 0.847. The molecule has 3 aliphatic rings. The van der Waals surface area contributed by atoms with E-state index in [2.05, 4.69) is 22.2 Å². The zero-order valence-electron chi connectivity index (χ0n) is 16.3. The molecule has 0 unspecified atom stereocenters. The Balaban J connectivity index is 1.59. The standard InChI is InChI=1S/C20H30N4O2S/c1-22-7-5-16(6-8-22)23-10-14-9-15(12-23)20-17(21-18(25)13-27-2)3-4-19(26)24(20)11-14/h3-4,14-16H,5-13H2,1-2H3,(H,21,25)/t14-,15+/m0/s1. The molecule has 0 aliphatic carbocycles. The first kappa shape index (κ1) is 19.0. The molecule has 6 nitrogen and oxygen atoms in total. The molecule has 7 heteroatoms. The van der Waals surface area contributed by atoms with Crippen molar-refractivity contribution in [3.63, 3.8) is 0 Å². The predicted molar refractivity (Wildman–Crippen MR) is 111 cm³/mol. The Morgan fingerprint density at radius 2 is 2.00 bits per heavy atom. The van der Waals surface area contributed by atoms with E-state index in [-0.39, 0.29) is 11.5 Å². The summed E-state index contributed by atoms with van der Waals surface area (Å²) in [5.41, 5.74) is 1.95. The van der Waals surface area contributed by atoms with E-state index in [9.17, 15) is 9.59 Å². The molecule has 2 bridgehead atoms. The Bertz CT molecular complexity index is 757. The van der Waals surface area contributed by atoms with Gasteiger partial charge in [0, 0.05) is 43.4 Å². The normalized spacial score (nSPS) is 26.6. The number of aromatic nitrogens is 1. The molecule has 0 aromatic carbocycles. The van der Waals surface area contributed by atoms with Crippen molar-refractivity contribution in [2.45, 2.75) is 37.8 Å². The van der Waals surface area contributed by atoms with Crippen LogP contribution in [0.4, 0.5) is 5.69 Å². The topological polar surface area (TPSA) is 57.6 Å². The number of hydrogen-bond acceptors (Lipinski definition) is 5. The van der Waals surface area contributed by atoms with E-state index in [4.69, 9.17) is 0 Å². The van der Waals surface area contributed by atoms with Gasteiger partial charge in [0.1, 0.15) is 0 Å². The van der Waals surface area contributed by atoms with Gasteiger partial charge < -0.3 is 14.8 Å². The fourth-order valence-corrected chi connectivity index (χ4v) is 5.47. The zero-order chi connectivity index (χ0) is 19.0. The molecule has 3 aliphatic heterocycles. The Morgan fingerprint density at radius 1 is 1.22 bits per heavy atom. The second kappa shape index (κ2) is 7.97. The Hall–Kier alpha value is -1.31. The van der Waals surface area contributed by atoms with E-state index in [1.165, 1.54) is 37.7 Å². The first-order chi connectivity index (χ1) is 13.0. The molecule has 0 radical (unpaired) electrons. The van der Waals surface area contributed by atoms with Crippen LogP contribution < -0.4 is 10.9 Å². The van der Waals surface area contributed by atoms with Crippen LogP contribution in [0, 0.1) is 5.92 Å². The summed E-state index contributed by atoms with van der Waals surface area (Å²) in [6.45, 7) is 5.21. The van der Waals surface area contributed by atoms with Crippen LogP contribution in [-0.4, -0.2) is 71.6 Å². The first-order valence-corrected chi connectivity index (χ1v) is 11.4. The molecule has 2 fully saturated rings. The third kappa shape index (κ3) is 3.96. The lowest BCUT2D eigenvalue weighted by molar-refractivity contribution is -0.113. The van der Waals surface area contributed by atoms with Crippen molar-refractivity contribution in [1.29, 1.82) is 0 Å². The average Bonchev–Trinajstić information content (AvgIpc) is 2.64.